The number of nitrogens with one attached hydrogen (secondary N) is 3. The van der Waals surface area contributed by atoms with Crippen LogP contribution in [0, 0.1) is 5.92 Å². The number of carbonyl (C=O) groups excluding carboxylic acids is 1. The molecule has 0 spiro atoms. The molecule has 1 saturated heterocycles. The number of pyridine rings is 1. The number of aromatic amines is 1. The summed E-state index contributed by atoms with van der Waals surface area (Å²) in [5.74, 6) is 0.640. The smallest absolute Gasteiger partial charge is 0.382 e. The van der Waals surface area contributed by atoms with E-state index in [0.29, 0.717) is 30.9 Å². The van der Waals surface area contributed by atoms with Gasteiger partial charge in [0.1, 0.15) is 11.5 Å². The van der Waals surface area contributed by atoms with E-state index in [0.717, 1.165) is 35.0 Å². The van der Waals surface area contributed by atoms with E-state index in [9.17, 15) is 18.0 Å². The zero-order valence-corrected chi connectivity index (χ0v) is 19.0. The van der Waals surface area contributed by atoms with E-state index in [1.807, 2.05) is 49.5 Å². The van der Waals surface area contributed by atoms with Gasteiger partial charge in [0, 0.05) is 41.8 Å². The Morgan fingerprint density at radius 1 is 1.18 bits per heavy atom. The highest BCUT2D eigenvalue weighted by Gasteiger charge is 2.35. The molecule has 0 radical (unpaired) electrons. The summed E-state index contributed by atoms with van der Waals surface area (Å²) in [6.45, 7) is 1.43. The molecule has 2 fully saturated rings. The maximum Gasteiger partial charge on any atom is 0.401 e. The van der Waals surface area contributed by atoms with Gasteiger partial charge in [-0.1, -0.05) is 12.1 Å². The van der Waals surface area contributed by atoms with E-state index in [2.05, 4.69) is 20.6 Å². The molecular formula is C25H28F3N5O. The van der Waals surface area contributed by atoms with Gasteiger partial charge in [-0.3, -0.25) is 9.69 Å². The molecule has 1 aliphatic heterocycles. The molecule has 3 aromatic rings. The molecule has 1 aromatic carbocycles. The van der Waals surface area contributed by atoms with Crippen LogP contribution in [0.15, 0.2) is 42.6 Å². The van der Waals surface area contributed by atoms with Gasteiger partial charge >= 0.3 is 6.18 Å². The topological polar surface area (TPSA) is 73.0 Å². The third-order valence-electron chi connectivity index (χ3n) is 6.69. The average molecular weight is 472 g/mol. The van der Waals surface area contributed by atoms with E-state index in [-0.39, 0.29) is 23.9 Å². The Labute approximate surface area is 195 Å². The molecule has 2 aliphatic rings. The van der Waals surface area contributed by atoms with Crippen molar-refractivity contribution < 1.29 is 18.0 Å². The van der Waals surface area contributed by atoms with Crippen LogP contribution in [0.5, 0.6) is 0 Å². The monoisotopic (exact) mass is 471 g/mol. The lowest BCUT2D eigenvalue weighted by Crippen LogP contribution is -2.48. The molecule has 6 nitrogen and oxygen atoms in total. The van der Waals surface area contributed by atoms with Gasteiger partial charge < -0.3 is 15.6 Å². The van der Waals surface area contributed by atoms with E-state index in [1.165, 1.54) is 4.90 Å². The molecule has 0 bridgehead atoms. The number of benzene rings is 1. The highest BCUT2D eigenvalue weighted by molar-refractivity contribution is 5.99. The van der Waals surface area contributed by atoms with Gasteiger partial charge in [-0.25, -0.2) is 4.98 Å². The molecule has 34 heavy (non-hydrogen) atoms. The lowest BCUT2D eigenvalue weighted by Gasteiger charge is -2.38. The van der Waals surface area contributed by atoms with Crippen molar-refractivity contribution in [3.05, 3.63) is 42.6 Å². The maximum absolute atomic E-state index is 12.8. The minimum atomic E-state index is -4.16. The molecule has 1 unspecified atom stereocenters. The van der Waals surface area contributed by atoms with Crippen LogP contribution in [0.1, 0.15) is 32.6 Å². The minimum Gasteiger partial charge on any atom is -0.382 e. The Morgan fingerprint density at radius 2 is 1.94 bits per heavy atom. The SMILES string of the molecule is C[C@H]1CC(Nc2ccc(-c3cc(NC(=O)C4CC4)nc4[nH]ccc34)cc2)CCN1CC(F)(F)F. The quantitative estimate of drug-likeness (QED) is 0.450. The number of carbonyl (C=O) groups is 1. The van der Waals surface area contributed by atoms with Crippen LogP contribution in [-0.4, -0.2) is 52.1 Å². The first kappa shape index (κ1) is 22.7. The summed E-state index contributed by atoms with van der Waals surface area (Å²) in [4.78, 5) is 21.4. The second kappa shape index (κ2) is 8.94. The van der Waals surface area contributed by atoms with Crippen LogP contribution in [0.25, 0.3) is 22.2 Å². The van der Waals surface area contributed by atoms with Crippen LogP contribution in [0.3, 0.4) is 0 Å². The van der Waals surface area contributed by atoms with Crippen molar-refractivity contribution in [1.29, 1.82) is 0 Å². The van der Waals surface area contributed by atoms with Crippen LogP contribution in [0.2, 0.25) is 0 Å². The lowest BCUT2D eigenvalue weighted by atomic mass is 9.97. The highest BCUT2D eigenvalue weighted by Crippen LogP contribution is 2.33. The van der Waals surface area contributed by atoms with Crippen LogP contribution in [-0.2, 0) is 4.79 Å². The molecule has 5 rings (SSSR count). The molecular weight excluding hydrogens is 443 g/mol. The van der Waals surface area contributed by atoms with Gasteiger partial charge in [0.05, 0.1) is 6.54 Å². The number of rotatable bonds is 6. The Balaban J connectivity index is 1.28. The zero-order chi connectivity index (χ0) is 23.9. The Kier molecular flexibility index (Phi) is 5.97. The van der Waals surface area contributed by atoms with Crippen molar-refractivity contribution in [2.75, 3.05) is 23.7 Å². The Hall–Kier alpha value is -3.07. The highest BCUT2D eigenvalue weighted by atomic mass is 19.4. The second-order valence-electron chi connectivity index (χ2n) is 9.44. The molecule has 9 heteroatoms. The van der Waals surface area contributed by atoms with Crippen molar-refractivity contribution in [2.24, 2.45) is 5.92 Å². The molecule has 1 saturated carbocycles. The van der Waals surface area contributed by atoms with E-state index >= 15 is 0 Å². The maximum atomic E-state index is 12.8. The third-order valence-corrected chi connectivity index (χ3v) is 6.69. The first-order valence-corrected chi connectivity index (χ1v) is 11.7. The predicted octanol–water partition coefficient (Wildman–Crippen LogP) is 5.41. The summed E-state index contributed by atoms with van der Waals surface area (Å²) in [6.07, 6.45) is 0.853. The molecule has 2 aromatic heterocycles. The Bertz CT molecular complexity index is 1170. The van der Waals surface area contributed by atoms with Crippen LogP contribution in [0.4, 0.5) is 24.7 Å². The van der Waals surface area contributed by atoms with E-state index in [4.69, 9.17) is 0 Å². The fourth-order valence-electron chi connectivity index (χ4n) is 4.71. The number of hydrogen-bond donors (Lipinski definition) is 3. The number of aromatic nitrogens is 2. The fraction of sp³-hybridized carbons (Fsp3) is 0.440. The molecule has 1 aliphatic carbocycles. The van der Waals surface area contributed by atoms with Crippen molar-refractivity contribution in [1.82, 2.24) is 14.9 Å². The third kappa shape index (κ3) is 5.19. The number of alkyl halides is 3. The zero-order valence-electron chi connectivity index (χ0n) is 19.0. The number of anilines is 2. The molecule has 2 atom stereocenters. The molecule has 180 valence electrons. The average Bonchev–Trinajstić information content (AvgIpc) is 3.53. The summed E-state index contributed by atoms with van der Waals surface area (Å²) in [7, 11) is 0. The number of piperidine rings is 1. The van der Waals surface area contributed by atoms with Gasteiger partial charge in [0.25, 0.3) is 0 Å². The molecule has 3 N–H and O–H groups in total. The number of hydrogen-bond acceptors (Lipinski definition) is 4. The van der Waals surface area contributed by atoms with Gasteiger partial charge in [-0.05, 0) is 68.0 Å². The van der Waals surface area contributed by atoms with Gasteiger partial charge in [0.2, 0.25) is 5.91 Å². The van der Waals surface area contributed by atoms with Crippen molar-refractivity contribution in [3.63, 3.8) is 0 Å². The molecule has 3 heterocycles. The van der Waals surface area contributed by atoms with Gasteiger partial charge in [-0.15, -0.1) is 0 Å². The minimum absolute atomic E-state index is 0.0133. The van der Waals surface area contributed by atoms with Crippen molar-refractivity contribution in [2.45, 2.75) is 50.9 Å². The van der Waals surface area contributed by atoms with Gasteiger partial charge in [-0.2, -0.15) is 13.2 Å². The summed E-state index contributed by atoms with van der Waals surface area (Å²) in [5, 5.41) is 7.37. The number of H-pyrrole nitrogens is 1. The summed E-state index contributed by atoms with van der Waals surface area (Å²) in [6, 6.07) is 11.9. The first-order chi connectivity index (χ1) is 16.2. The number of fused-ring (bicyclic) bond motifs is 1. The largest absolute Gasteiger partial charge is 0.401 e. The summed E-state index contributed by atoms with van der Waals surface area (Å²) >= 11 is 0. The van der Waals surface area contributed by atoms with Crippen LogP contribution >= 0.6 is 0 Å². The summed E-state index contributed by atoms with van der Waals surface area (Å²) in [5.41, 5.74) is 3.61. The van der Waals surface area contributed by atoms with Crippen molar-refractivity contribution in [3.8, 4) is 11.1 Å². The second-order valence-corrected chi connectivity index (χ2v) is 9.44. The standard InChI is InChI=1S/C25H28F3N5O/c1-15-12-19(9-11-33(15)14-25(26,27)28)30-18-6-4-16(5-7-18)21-13-22(32-24(34)17-2-3-17)31-23-20(21)8-10-29-23/h4-8,10,13,15,17,19,30H,2-3,9,11-12,14H2,1H3,(H2,29,31,32,34)/t15-,19?/m0/s1. The van der Waals surface area contributed by atoms with E-state index in [1.54, 1.807) is 0 Å². The fourth-order valence-corrected chi connectivity index (χ4v) is 4.71. The number of amides is 1. The normalized spacial score (nSPS) is 21.5. The first-order valence-electron chi connectivity index (χ1n) is 11.7. The van der Waals surface area contributed by atoms with Crippen LogP contribution < -0.4 is 10.6 Å². The lowest BCUT2D eigenvalue weighted by molar-refractivity contribution is -0.152. The van der Waals surface area contributed by atoms with E-state index < -0.39 is 12.7 Å². The number of halogens is 3. The Morgan fingerprint density at radius 3 is 2.62 bits per heavy atom. The number of likely N-dealkylation sites (tertiary alicyclic amines) is 1. The molecule has 1 amide bonds. The van der Waals surface area contributed by atoms with Gasteiger partial charge in [0.15, 0.2) is 0 Å². The van der Waals surface area contributed by atoms with Crippen molar-refractivity contribution >= 4 is 28.4 Å². The number of nitrogens with zero attached hydrogens (tertiary/aromatic N) is 2. The predicted molar refractivity (Wildman–Crippen MR) is 127 cm³/mol. The summed E-state index contributed by atoms with van der Waals surface area (Å²) < 4.78 is 38.3.